The van der Waals surface area contributed by atoms with E-state index >= 15 is 0 Å². The maximum absolute atomic E-state index is 12.0. The first-order valence-electron chi connectivity index (χ1n) is 6.74. The number of nitrogens with two attached hydrogens (primary N) is 1. The zero-order chi connectivity index (χ0) is 16.4. The molecule has 0 spiro atoms. The van der Waals surface area contributed by atoms with E-state index < -0.39 is 0 Å². The van der Waals surface area contributed by atoms with Crippen LogP contribution in [0.3, 0.4) is 0 Å². The summed E-state index contributed by atoms with van der Waals surface area (Å²) < 4.78 is 5.01. The van der Waals surface area contributed by atoms with Gasteiger partial charge in [-0.05, 0) is 19.1 Å². The molecule has 118 valence electrons. The van der Waals surface area contributed by atoms with E-state index in [9.17, 15) is 10.0 Å². The van der Waals surface area contributed by atoms with Crippen molar-refractivity contribution in [2.75, 3.05) is 12.3 Å². The van der Waals surface area contributed by atoms with Gasteiger partial charge in [-0.3, -0.25) is 4.79 Å². The molecule has 0 fully saturated rings. The monoisotopic (exact) mass is 331 g/mol. The minimum absolute atomic E-state index is 0.0291. The van der Waals surface area contributed by atoms with Crippen LogP contribution in [0, 0.1) is 0 Å². The fraction of sp³-hybridized carbons (Fsp3) is 0.143. The standard InChI is InChI=1S/C14H13N5O3S/c1-2-16-12(20)9-5-8-11(17-14(15)18-13(8)23-9)10(19-21)7-3-4-22-6-7/h3-6,21H,2H2,1H3,(H,16,20)(H2,15,17,18)/b19-10-. The number of aromatic nitrogens is 2. The molecule has 3 aromatic rings. The first kappa shape index (κ1) is 15.0. The second kappa shape index (κ2) is 6.05. The highest BCUT2D eigenvalue weighted by Crippen LogP contribution is 2.28. The SMILES string of the molecule is CCNC(=O)c1cc2c(/C(=N\O)c3ccoc3)nc(N)nc2s1. The van der Waals surface area contributed by atoms with Crippen molar-refractivity contribution in [3.63, 3.8) is 0 Å². The summed E-state index contributed by atoms with van der Waals surface area (Å²) in [7, 11) is 0. The highest BCUT2D eigenvalue weighted by atomic mass is 32.1. The molecule has 0 aliphatic heterocycles. The van der Waals surface area contributed by atoms with Gasteiger partial charge < -0.3 is 20.7 Å². The predicted octanol–water partition coefficient (Wildman–Crippen LogP) is 1.84. The van der Waals surface area contributed by atoms with Crippen LogP contribution >= 0.6 is 11.3 Å². The van der Waals surface area contributed by atoms with Gasteiger partial charge in [-0.25, -0.2) is 9.97 Å². The fourth-order valence-electron chi connectivity index (χ4n) is 2.12. The lowest BCUT2D eigenvalue weighted by atomic mass is 10.1. The molecule has 0 saturated carbocycles. The number of nitrogens with zero attached hydrogens (tertiary/aromatic N) is 3. The number of carbonyl (C=O) groups is 1. The minimum Gasteiger partial charge on any atom is -0.472 e. The molecule has 0 aliphatic carbocycles. The molecule has 0 unspecified atom stereocenters. The Hall–Kier alpha value is -2.94. The topological polar surface area (TPSA) is 127 Å². The summed E-state index contributed by atoms with van der Waals surface area (Å²) in [5.74, 6) is -0.174. The van der Waals surface area contributed by atoms with Crippen molar-refractivity contribution >= 4 is 39.1 Å². The molecule has 3 rings (SSSR count). The van der Waals surface area contributed by atoms with Gasteiger partial charge in [-0.15, -0.1) is 11.3 Å². The van der Waals surface area contributed by atoms with Crippen molar-refractivity contribution in [1.82, 2.24) is 15.3 Å². The average Bonchev–Trinajstić information content (AvgIpc) is 3.17. The lowest BCUT2D eigenvalue weighted by Gasteiger charge is -2.03. The molecule has 0 atom stereocenters. The van der Waals surface area contributed by atoms with Gasteiger partial charge in [0, 0.05) is 17.5 Å². The zero-order valence-corrected chi connectivity index (χ0v) is 12.9. The second-order valence-electron chi connectivity index (χ2n) is 4.58. The highest BCUT2D eigenvalue weighted by Gasteiger charge is 2.20. The molecule has 0 radical (unpaired) electrons. The molecular weight excluding hydrogens is 318 g/mol. The van der Waals surface area contributed by atoms with E-state index in [-0.39, 0.29) is 17.6 Å². The number of carbonyl (C=O) groups excluding carboxylic acids is 1. The summed E-state index contributed by atoms with van der Waals surface area (Å²) in [6.07, 6.45) is 2.88. The van der Waals surface area contributed by atoms with E-state index in [2.05, 4.69) is 20.4 Å². The Labute approximate surface area is 134 Å². The van der Waals surface area contributed by atoms with E-state index in [0.29, 0.717) is 32.9 Å². The van der Waals surface area contributed by atoms with Crippen LogP contribution in [0.15, 0.2) is 34.2 Å². The minimum atomic E-state index is -0.203. The third-order valence-electron chi connectivity index (χ3n) is 3.09. The van der Waals surface area contributed by atoms with E-state index in [1.807, 2.05) is 6.92 Å². The number of oxime groups is 1. The number of fused-ring (bicyclic) bond motifs is 1. The molecule has 0 saturated heterocycles. The van der Waals surface area contributed by atoms with Gasteiger partial charge in [-0.2, -0.15) is 0 Å². The summed E-state index contributed by atoms with van der Waals surface area (Å²) in [5.41, 5.74) is 6.81. The number of hydrogen-bond acceptors (Lipinski definition) is 8. The smallest absolute Gasteiger partial charge is 0.261 e. The van der Waals surface area contributed by atoms with E-state index in [0.717, 1.165) is 0 Å². The fourth-order valence-corrected chi connectivity index (χ4v) is 3.07. The van der Waals surface area contributed by atoms with Crippen LogP contribution in [0.1, 0.15) is 27.9 Å². The van der Waals surface area contributed by atoms with E-state index in [1.165, 1.54) is 23.9 Å². The average molecular weight is 331 g/mol. The van der Waals surface area contributed by atoms with Crippen molar-refractivity contribution in [2.45, 2.75) is 6.92 Å². The van der Waals surface area contributed by atoms with Crippen LogP contribution in [0.5, 0.6) is 0 Å². The van der Waals surface area contributed by atoms with Gasteiger partial charge in [-0.1, -0.05) is 5.16 Å². The number of nitrogen functional groups attached to an aromatic ring is 1. The largest absolute Gasteiger partial charge is 0.472 e. The molecule has 0 bridgehead atoms. The molecule has 3 aromatic heterocycles. The van der Waals surface area contributed by atoms with Crippen LogP contribution in [0.2, 0.25) is 0 Å². The highest BCUT2D eigenvalue weighted by molar-refractivity contribution is 7.20. The first-order valence-corrected chi connectivity index (χ1v) is 7.56. The number of amides is 1. The Morgan fingerprint density at radius 3 is 3.00 bits per heavy atom. The number of rotatable bonds is 4. The van der Waals surface area contributed by atoms with Gasteiger partial charge in [0.2, 0.25) is 5.95 Å². The van der Waals surface area contributed by atoms with Gasteiger partial charge in [0.15, 0.2) is 0 Å². The number of anilines is 1. The Morgan fingerprint density at radius 2 is 2.35 bits per heavy atom. The number of thiophene rings is 1. The van der Waals surface area contributed by atoms with E-state index in [4.69, 9.17) is 10.2 Å². The number of hydrogen-bond donors (Lipinski definition) is 3. The third-order valence-corrected chi connectivity index (χ3v) is 4.12. The molecule has 1 amide bonds. The van der Waals surface area contributed by atoms with Crippen LogP contribution in [-0.2, 0) is 0 Å². The number of furan rings is 1. The quantitative estimate of drug-likeness (QED) is 0.380. The normalized spacial score (nSPS) is 11.8. The molecule has 0 aromatic carbocycles. The van der Waals surface area contributed by atoms with Crippen molar-refractivity contribution in [3.05, 3.63) is 40.8 Å². The Morgan fingerprint density at radius 1 is 1.52 bits per heavy atom. The van der Waals surface area contributed by atoms with Gasteiger partial charge >= 0.3 is 0 Å². The summed E-state index contributed by atoms with van der Waals surface area (Å²) >= 11 is 1.20. The molecule has 8 nitrogen and oxygen atoms in total. The Kier molecular flexibility index (Phi) is 3.94. The number of nitrogens with one attached hydrogen (secondary N) is 1. The molecule has 23 heavy (non-hydrogen) atoms. The second-order valence-corrected chi connectivity index (χ2v) is 5.61. The summed E-state index contributed by atoms with van der Waals surface area (Å²) in [4.78, 5) is 21.3. The molecule has 0 aliphatic rings. The van der Waals surface area contributed by atoms with Gasteiger partial charge in [0.25, 0.3) is 5.91 Å². The van der Waals surface area contributed by atoms with Crippen molar-refractivity contribution in [1.29, 1.82) is 0 Å². The van der Waals surface area contributed by atoms with Crippen LogP contribution in [-0.4, -0.2) is 33.3 Å². The molecule has 4 N–H and O–H groups in total. The summed E-state index contributed by atoms with van der Waals surface area (Å²) in [6.45, 7) is 2.36. The van der Waals surface area contributed by atoms with Crippen molar-refractivity contribution in [2.24, 2.45) is 5.16 Å². The maximum atomic E-state index is 12.0. The summed E-state index contributed by atoms with van der Waals surface area (Å²) in [6, 6.07) is 3.29. The Bertz CT molecular complexity index is 885. The van der Waals surface area contributed by atoms with Crippen molar-refractivity contribution in [3.8, 4) is 0 Å². The molecule has 3 heterocycles. The molecule has 9 heteroatoms. The lowest BCUT2D eigenvalue weighted by Crippen LogP contribution is -2.21. The Balaban J connectivity index is 2.18. The zero-order valence-electron chi connectivity index (χ0n) is 12.1. The van der Waals surface area contributed by atoms with E-state index in [1.54, 1.807) is 12.1 Å². The molecular formula is C14H13N5O3S. The third kappa shape index (κ3) is 2.73. The maximum Gasteiger partial charge on any atom is 0.261 e. The van der Waals surface area contributed by atoms with Crippen molar-refractivity contribution < 1.29 is 14.4 Å². The van der Waals surface area contributed by atoms with Crippen LogP contribution in [0.4, 0.5) is 5.95 Å². The van der Waals surface area contributed by atoms with Crippen LogP contribution < -0.4 is 11.1 Å². The summed E-state index contributed by atoms with van der Waals surface area (Å²) in [5, 5.41) is 16.0. The predicted molar refractivity (Wildman–Crippen MR) is 86.0 cm³/mol. The van der Waals surface area contributed by atoms with Gasteiger partial charge in [0.05, 0.1) is 17.4 Å². The van der Waals surface area contributed by atoms with Crippen LogP contribution in [0.25, 0.3) is 10.2 Å². The first-order chi connectivity index (χ1) is 11.1. The lowest BCUT2D eigenvalue weighted by molar-refractivity contribution is 0.0960. The van der Waals surface area contributed by atoms with Gasteiger partial charge in [0.1, 0.15) is 16.2 Å².